The molecular weight excluding hydrogens is 394 g/mol. The third-order valence-corrected chi connectivity index (χ3v) is 5.81. The van der Waals surface area contributed by atoms with Crippen LogP contribution in [0, 0.1) is 11.6 Å². The molecule has 1 saturated heterocycles. The fourth-order valence-corrected chi connectivity index (χ4v) is 4.04. The van der Waals surface area contributed by atoms with Gasteiger partial charge in [0.1, 0.15) is 11.6 Å². The van der Waals surface area contributed by atoms with Crippen molar-refractivity contribution in [1.82, 2.24) is 15.1 Å². The number of nitrogens with one attached hydrogen (secondary N) is 2. The van der Waals surface area contributed by atoms with Crippen molar-refractivity contribution in [3.05, 3.63) is 78.8 Å². The van der Waals surface area contributed by atoms with Crippen LogP contribution in [0.2, 0.25) is 0 Å². The number of halogens is 2. The van der Waals surface area contributed by atoms with Gasteiger partial charge in [-0.05, 0) is 61.7 Å². The molecule has 3 rings (SSSR count). The van der Waals surface area contributed by atoms with Crippen LogP contribution in [0.5, 0.6) is 0 Å². The summed E-state index contributed by atoms with van der Waals surface area (Å²) in [5, 5.41) is 6.62. The van der Waals surface area contributed by atoms with E-state index in [0.29, 0.717) is 18.3 Å². The van der Waals surface area contributed by atoms with E-state index in [-0.39, 0.29) is 0 Å². The van der Waals surface area contributed by atoms with Crippen LogP contribution >= 0.6 is 0 Å². The first-order valence-electron chi connectivity index (χ1n) is 10.8. The molecule has 2 aromatic rings. The Morgan fingerprint density at radius 2 is 1.65 bits per heavy atom. The highest BCUT2D eigenvalue weighted by molar-refractivity contribution is 5.66. The van der Waals surface area contributed by atoms with Crippen molar-refractivity contribution in [2.45, 2.75) is 32.2 Å². The number of allylic oxidation sites excluding steroid dienone is 1. The van der Waals surface area contributed by atoms with Gasteiger partial charge in [0.25, 0.3) is 0 Å². The molecule has 0 amide bonds. The molecule has 0 spiro atoms. The largest absolute Gasteiger partial charge is 0.375 e. The number of piperidine rings is 1. The Hall–Kier alpha value is -2.86. The molecule has 1 fully saturated rings. The zero-order chi connectivity index (χ0) is 22.4. The van der Waals surface area contributed by atoms with E-state index in [1.807, 2.05) is 31.3 Å². The molecule has 0 aliphatic carbocycles. The maximum Gasteiger partial charge on any atom is 0.126 e. The van der Waals surface area contributed by atoms with E-state index in [1.165, 1.54) is 17.8 Å². The Labute approximate surface area is 184 Å². The quantitative estimate of drug-likeness (QED) is 0.527. The van der Waals surface area contributed by atoms with Crippen molar-refractivity contribution in [3.8, 4) is 11.1 Å². The molecule has 1 aliphatic heterocycles. The monoisotopic (exact) mass is 426 g/mol. The summed E-state index contributed by atoms with van der Waals surface area (Å²) < 4.78 is 27.0. The summed E-state index contributed by atoms with van der Waals surface area (Å²) in [6, 6.07) is 11.4. The lowest BCUT2D eigenvalue weighted by atomic mass is 10.0. The van der Waals surface area contributed by atoms with E-state index < -0.39 is 11.6 Å². The standard InChI is InChI=1S/C25H32F2N4/c1-5-18(2)30-12-10-25(11-13-30)31(17-28-4)19(3)29-24-8-6-20(7-9-24)21-14-22(26)16-23(27)15-21/h6-9,14-16,25,28-29H,2-3,5,10-13,17H2,1,4H3. The zero-order valence-corrected chi connectivity index (χ0v) is 18.4. The van der Waals surface area contributed by atoms with Crippen molar-refractivity contribution in [3.63, 3.8) is 0 Å². The topological polar surface area (TPSA) is 30.5 Å². The molecule has 4 nitrogen and oxygen atoms in total. The number of nitrogens with zero attached hydrogens (tertiary/aromatic N) is 2. The van der Waals surface area contributed by atoms with Crippen LogP contribution in [0.1, 0.15) is 26.2 Å². The second kappa shape index (κ2) is 10.4. The molecule has 0 atom stereocenters. The van der Waals surface area contributed by atoms with Crippen molar-refractivity contribution >= 4 is 5.69 Å². The molecule has 0 bridgehead atoms. The Morgan fingerprint density at radius 3 is 2.19 bits per heavy atom. The van der Waals surface area contributed by atoms with Gasteiger partial charge in [0.15, 0.2) is 0 Å². The Kier molecular flexibility index (Phi) is 7.69. The summed E-state index contributed by atoms with van der Waals surface area (Å²) in [4.78, 5) is 4.64. The van der Waals surface area contributed by atoms with Gasteiger partial charge in [-0.25, -0.2) is 8.78 Å². The first-order valence-corrected chi connectivity index (χ1v) is 10.8. The third-order valence-electron chi connectivity index (χ3n) is 5.81. The van der Waals surface area contributed by atoms with Gasteiger partial charge in [0.05, 0.1) is 12.5 Å². The molecule has 1 aliphatic rings. The maximum absolute atomic E-state index is 13.5. The van der Waals surface area contributed by atoms with Crippen LogP contribution in [-0.2, 0) is 0 Å². The first kappa shape index (κ1) is 22.8. The van der Waals surface area contributed by atoms with Gasteiger partial charge in [0.2, 0.25) is 0 Å². The molecule has 0 unspecified atom stereocenters. The average molecular weight is 427 g/mol. The summed E-state index contributed by atoms with van der Waals surface area (Å²) in [7, 11) is 1.93. The second-order valence-electron chi connectivity index (χ2n) is 7.93. The van der Waals surface area contributed by atoms with Crippen LogP contribution in [0.4, 0.5) is 14.5 Å². The fourth-order valence-electron chi connectivity index (χ4n) is 4.04. The molecule has 0 radical (unpaired) electrons. The highest BCUT2D eigenvalue weighted by atomic mass is 19.1. The SMILES string of the molecule is C=C(CC)N1CCC(N(CNC)C(=C)Nc2ccc(-c3cc(F)cc(F)c3)cc2)CC1. The van der Waals surface area contributed by atoms with Crippen molar-refractivity contribution in [2.24, 2.45) is 0 Å². The second-order valence-corrected chi connectivity index (χ2v) is 7.93. The minimum absolute atomic E-state index is 0.392. The third kappa shape index (κ3) is 5.85. The predicted octanol–water partition coefficient (Wildman–Crippen LogP) is 5.38. The lowest BCUT2D eigenvalue weighted by Crippen LogP contribution is -2.47. The summed E-state index contributed by atoms with van der Waals surface area (Å²) >= 11 is 0. The Morgan fingerprint density at radius 1 is 1.03 bits per heavy atom. The van der Waals surface area contributed by atoms with Crippen LogP contribution in [0.25, 0.3) is 11.1 Å². The van der Waals surface area contributed by atoms with Gasteiger partial charge in [0, 0.05) is 36.6 Å². The van der Waals surface area contributed by atoms with E-state index in [0.717, 1.165) is 55.5 Å². The molecule has 166 valence electrons. The number of benzene rings is 2. The van der Waals surface area contributed by atoms with Crippen LogP contribution in [0.15, 0.2) is 67.1 Å². The molecule has 31 heavy (non-hydrogen) atoms. The minimum atomic E-state index is -0.582. The molecule has 6 heteroatoms. The number of hydrogen-bond donors (Lipinski definition) is 2. The van der Waals surface area contributed by atoms with Gasteiger partial charge in [-0.2, -0.15) is 0 Å². The van der Waals surface area contributed by atoms with Gasteiger partial charge in [-0.1, -0.05) is 32.2 Å². The predicted molar refractivity (Wildman–Crippen MR) is 124 cm³/mol. The summed E-state index contributed by atoms with van der Waals surface area (Å²) in [5.74, 6) is -0.338. The minimum Gasteiger partial charge on any atom is -0.375 e. The molecule has 1 heterocycles. The number of hydrogen-bond acceptors (Lipinski definition) is 4. The average Bonchev–Trinajstić information content (AvgIpc) is 2.77. The Bertz CT molecular complexity index is 882. The van der Waals surface area contributed by atoms with E-state index in [2.05, 4.69) is 40.5 Å². The van der Waals surface area contributed by atoms with Gasteiger partial charge in [-0.3, -0.25) is 0 Å². The number of likely N-dealkylation sites (tertiary alicyclic amines) is 1. The molecule has 0 saturated carbocycles. The van der Waals surface area contributed by atoms with Crippen molar-refractivity contribution in [1.29, 1.82) is 0 Å². The van der Waals surface area contributed by atoms with Crippen LogP contribution in [0.3, 0.4) is 0 Å². The van der Waals surface area contributed by atoms with E-state index >= 15 is 0 Å². The molecule has 2 aromatic carbocycles. The van der Waals surface area contributed by atoms with E-state index in [4.69, 9.17) is 0 Å². The highest BCUT2D eigenvalue weighted by Crippen LogP contribution is 2.26. The van der Waals surface area contributed by atoms with Gasteiger partial charge in [-0.15, -0.1) is 0 Å². The summed E-state index contributed by atoms with van der Waals surface area (Å²) in [6.07, 6.45) is 3.08. The summed E-state index contributed by atoms with van der Waals surface area (Å²) in [5.41, 5.74) is 3.35. The van der Waals surface area contributed by atoms with Crippen molar-refractivity contribution in [2.75, 3.05) is 32.1 Å². The van der Waals surface area contributed by atoms with Crippen LogP contribution < -0.4 is 10.6 Å². The molecular formula is C25H32F2N4. The fraction of sp³-hybridized carbons (Fsp3) is 0.360. The maximum atomic E-state index is 13.5. The van der Waals surface area contributed by atoms with Gasteiger partial charge < -0.3 is 20.4 Å². The van der Waals surface area contributed by atoms with Gasteiger partial charge >= 0.3 is 0 Å². The smallest absolute Gasteiger partial charge is 0.126 e. The Balaban J connectivity index is 1.65. The molecule has 0 aromatic heterocycles. The normalized spacial score (nSPS) is 14.4. The number of rotatable bonds is 9. The zero-order valence-electron chi connectivity index (χ0n) is 18.4. The van der Waals surface area contributed by atoms with E-state index in [9.17, 15) is 8.78 Å². The number of anilines is 1. The molecule has 2 N–H and O–H groups in total. The van der Waals surface area contributed by atoms with Crippen molar-refractivity contribution < 1.29 is 8.78 Å². The summed E-state index contributed by atoms with van der Waals surface area (Å²) in [6.45, 7) is 13.3. The lowest BCUT2D eigenvalue weighted by molar-refractivity contribution is 0.149. The van der Waals surface area contributed by atoms with E-state index in [1.54, 1.807) is 0 Å². The first-order chi connectivity index (χ1) is 14.9. The highest BCUT2D eigenvalue weighted by Gasteiger charge is 2.25. The van der Waals surface area contributed by atoms with Crippen LogP contribution in [-0.4, -0.2) is 42.6 Å². The lowest BCUT2D eigenvalue weighted by Gasteiger charge is -2.41.